The number of fused-ring (bicyclic) bond motifs is 1. The molecule has 4 aromatic rings. The van der Waals surface area contributed by atoms with E-state index in [0.29, 0.717) is 28.1 Å². The van der Waals surface area contributed by atoms with Crippen LogP contribution in [0.15, 0.2) is 65.6 Å². The number of benzene rings is 2. The monoisotopic (exact) mass is 570 g/mol. The zero-order chi connectivity index (χ0) is 28.6. The lowest BCUT2D eigenvalue weighted by atomic mass is 10.2. The highest BCUT2D eigenvalue weighted by atomic mass is 32.1. The molecule has 8 nitrogen and oxygen atoms in total. The van der Waals surface area contributed by atoms with Crippen LogP contribution in [-0.2, 0) is 22.7 Å². The van der Waals surface area contributed by atoms with E-state index in [4.69, 9.17) is 4.74 Å². The highest BCUT2D eigenvalue weighted by molar-refractivity contribution is 7.19. The first-order chi connectivity index (χ1) is 19.2. The van der Waals surface area contributed by atoms with Crippen LogP contribution in [-0.4, -0.2) is 28.4 Å². The van der Waals surface area contributed by atoms with Crippen molar-refractivity contribution in [1.82, 2.24) is 14.9 Å². The second-order valence-electron chi connectivity index (χ2n) is 8.70. The third-order valence-electron chi connectivity index (χ3n) is 5.75. The Morgan fingerprint density at radius 1 is 1.12 bits per heavy atom. The van der Waals surface area contributed by atoms with Crippen molar-refractivity contribution < 1.29 is 27.5 Å². The van der Waals surface area contributed by atoms with Crippen LogP contribution in [0.3, 0.4) is 0 Å². The van der Waals surface area contributed by atoms with E-state index in [0.717, 1.165) is 18.2 Å². The molecule has 0 aliphatic carbocycles. The van der Waals surface area contributed by atoms with Gasteiger partial charge in [0.25, 0.3) is 5.56 Å². The number of amides is 2. The summed E-state index contributed by atoms with van der Waals surface area (Å²) in [6.07, 6.45) is 5.81. The van der Waals surface area contributed by atoms with Gasteiger partial charge >= 0.3 is 0 Å². The number of ether oxygens (including phenoxy) is 1. The van der Waals surface area contributed by atoms with E-state index in [1.165, 1.54) is 47.2 Å². The van der Waals surface area contributed by atoms with Gasteiger partial charge in [-0.1, -0.05) is 6.08 Å². The van der Waals surface area contributed by atoms with Gasteiger partial charge < -0.3 is 19.9 Å². The van der Waals surface area contributed by atoms with Crippen LogP contribution in [0, 0.1) is 17.5 Å². The Balaban J connectivity index is 1.44. The lowest BCUT2D eigenvalue weighted by Gasteiger charge is -2.08. The molecule has 0 radical (unpaired) electrons. The Labute approximate surface area is 231 Å². The summed E-state index contributed by atoms with van der Waals surface area (Å²) >= 11 is 1.18. The van der Waals surface area contributed by atoms with Gasteiger partial charge in [-0.05, 0) is 43.2 Å². The fraction of sp³-hybridized carbons (Fsp3) is 0.214. The molecule has 2 amide bonds. The molecule has 2 aromatic carbocycles. The van der Waals surface area contributed by atoms with Gasteiger partial charge in [0.05, 0.1) is 16.8 Å². The van der Waals surface area contributed by atoms with Gasteiger partial charge in [-0.3, -0.25) is 14.4 Å². The number of unbranched alkanes of at least 4 members (excludes halogenated alkanes) is 1. The number of aromatic nitrogens is 2. The van der Waals surface area contributed by atoms with Gasteiger partial charge in [-0.15, -0.1) is 11.3 Å². The number of hydrogen-bond donors (Lipinski definition) is 2. The van der Waals surface area contributed by atoms with Crippen molar-refractivity contribution in [3.8, 4) is 5.75 Å². The van der Waals surface area contributed by atoms with Crippen LogP contribution >= 0.6 is 11.3 Å². The number of allylic oxidation sites excluding steroid dienone is 1. The average molecular weight is 571 g/mol. The Bertz CT molecular complexity index is 1630. The lowest BCUT2D eigenvalue weighted by molar-refractivity contribution is -0.116. The topological polar surface area (TPSA) is 102 Å². The normalized spacial score (nSPS) is 11.2. The van der Waals surface area contributed by atoms with Crippen LogP contribution < -0.4 is 20.9 Å². The van der Waals surface area contributed by atoms with Gasteiger partial charge in [0.2, 0.25) is 11.8 Å². The first kappa shape index (κ1) is 28.6. The molecule has 208 valence electrons. The maximum atomic E-state index is 14.3. The second-order valence-corrected chi connectivity index (χ2v) is 9.78. The van der Waals surface area contributed by atoms with Crippen molar-refractivity contribution in [3.63, 3.8) is 0 Å². The number of halogens is 3. The number of nitrogens with one attached hydrogen (secondary N) is 2. The van der Waals surface area contributed by atoms with Crippen LogP contribution in [0.25, 0.3) is 10.2 Å². The van der Waals surface area contributed by atoms with Crippen LogP contribution in [0.5, 0.6) is 5.75 Å². The van der Waals surface area contributed by atoms with Crippen molar-refractivity contribution in [1.29, 1.82) is 0 Å². The highest BCUT2D eigenvalue weighted by Gasteiger charge is 2.15. The zero-order valence-corrected chi connectivity index (χ0v) is 22.2. The number of thiazole rings is 1. The molecule has 0 aliphatic heterocycles. The van der Waals surface area contributed by atoms with Crippen LogP contribution in [0.2, 0.25) is 0 Å². The minimum Gasteiger partial charge on any atom is -0.487 e. The number of anilines is 1. The molecule has 0 unspecified atom stereocenters. The van der Waals surface area contributed by atoms with Gasteiger partial charge in [0, 0.05) is 43.4 Å². The van der Waals surface area contributed by atoms with E-state index < -0.39 is 23.0 Å². The van der Waals surface area contributed by atoms with Crippen molar-refractivity contribution >= 4 is 39.1 Å². The van der Waals surface area contributed by atoms with Crippen molar-refractivity contribution in [2.24, 2.45) is 0 Å². The molecule has 2 heterocycles. The molecule has 40 heavy (non-hydrogen) atoms. The van der Waals surface area contributed by atoms with E-state index in [2.05, 4.69) is 15.6 Å². The molecule has 12 heteroatoms. The molecule has 0 bridgehead atoms. The van der Waals surface area contributed by atoms with Gasteiger partial charge in [-0.2, -0.15) is 0 Å². The molecule has 0 fully saturated rings. The Kier molecular flexibility index (Phi) is 9.33. The fourth-order valence-corrected chi connectivity index (χ4v) is 4.76. The smallest absolute Gasteiger partial charge is 0.274 e. The molecule has 4 rings (SSSR count). The third kappa shape index (κ3) is 7.35. The maximum absolute atomic E-state index is 14.3. The van der Waals surface area contributed by atoms with Gasteiger partial charge in [-0.25, -0.2) is 18.2 Å². The Morgan fingerprint density at radius 2 is 1.95 bits per heavy atom. The zero-order valence-electron chi connectivity index (χ0n) is 21.4. The predicted molar refractivity (Wildman–Crippen MR) is 146 cm³/mol. The summed E-state index contributed by atoms with van der Waals surface area (Å²) in [5, 5.41) is 5.56. The quantitative estimate of drug-likeness (QED) is 0.197. The van der Waals surface area contributed by atoms with Crippen molar-refractivity contribution in [2.75, 3.05) is 12.4 Å². The summed E-state index contributed by atoms with van der Waals surface area (Å²) in [6.45, 7) is -0.191. The fourth-order valence-electron chi connectivity index (χ4n) is 3.75. The summed E-state index contributed by atoms with van der Waals surface area (Å²) in [5.41, 5.74) is 0.0711. The summed E-state index contributed by atoms with van der Waals surface area (Å²) in [5.74, 6) is -2.52. The predicted octanol–water partition coefficient (Wildman–Crippen LogP) is 4.91. The van der Waals surface area contributed by atoms with Gasteiger partial charge in [0.1, 0.15) is 40.5 Å². The number of carbonyl (C=O) groups excluding carboxylic acids is 2. The van der Waals surface area contributed by atoms with E-state index >= 15 is 0 Å². The molecule has 2 aromatic heterocycles. The standard InChI is InChI=1S/C28H25F3N4O4S/c1-32-24(36)7-3-2-4-8-25(37)33-21-6-5-11-35(28(21)38)15-26-34-22-13-19(30)14-23(27(22)40-26)39-16-17-9-10-18(29)12-20(17)31/h3,5-7,9-14H,2,4,8,15-16H2,1H3,(H,32,36)(H,33,37)/b7-3+. The number of nitrogens with zero attached hydrogens (tertiary/aromatic N) is 2. The van der Waals surface area contributed by atoms with Crippen LogP contribution in [0.1, 0.15) is 29.8 Å². The molecule has 0 saturated heterocycles. The van der Waals surface area contributed by atoms with E-state index in [9.17, 15) is 27.6 Å². The largest absolute Gasteiger partial charge is 0.487 e. The average Bonchev–Trinajstić information content (AvgIpc) is 3.32. The summed E-state index contributed by atoms with van der Waals surface area (Å²) in [4.78, 5) is 40.9. The third-order valence-corrected chi connectivity index (χ3v) is 6.82. The Morgan fingerprint density at radius 3 is 2.73 bits per heavy atom. The minimum atomic E-state index is -0.776. The molecule has 0 spiro atoms. The van der Waals surface area contributed by atoms with Crippen LogP contribution in [0.4, 0.5) is 18.9 Å². The number of pyridine rings is 1. The summed E-state index contributed by atoms with van der Waals surface area (Å²) in [7, 11) is 1.52. The number of rotatable bonds is 11. The first-order valence-corrected chi connectivity index (χ1v) is 13.1. The van der Waals surface area contributed by atoms with E-state index in [1.54, 1.807) is 18.3 Å². The molecular weight excluding hydrogens is 545 g/mol. The highest BCUT2D eigenvalue weighted by Crippen LogP contribution is 2.33. The van der Waals surface area contributed by atoms with Gasteiger partial charge in [0.15, 0.2) is 0 Å². The number of hydrogen-bond acceptors (Lipinski definition) is 6. The molecule has 0 atom stereocenters. The minimum absolute atomic E-state index is 0.0554. The number of likely N-dealkylation sites (N-methyl/N-ethyl adjacent to an activating group) is 1. The van der Waals surface area contributed by atoms with Crippen molar-refractivity contribution in [2.45, 2.75) is 32.4 Å². The lowest BCUT2D eigenvalue weighted by Crippen LogP contribution is -2.25. The summed E-state index contributed by atoms with van der Waals surface area (Å²) in [6, 6.07) is 8.59. The molecule has 2 N–H and O–H groups in total. The molecule has 0 aliphatic rings. The number of carbonyl (C=O) groups is 2. The van der Waals surface area contributed by atoms with E-state index in [-0.39, 0.29) is 48.4 Å². The molecular formula is C28H25F3N4O4S. The SMILES string of the molecule is CNC(=O)/C=C/CCCC(=O)Nc1cccn(Cc2nc3cc(F)cc(OCc4ccc(F)cc4F)c3s2)c1=O. The van der Waals surface area contributed by atoms with E-state index in [1.807, 2.05) is 0 Å². The second kappa shape index (κ2) is 13.1. The summed E-state index contributed by atoms with van der Waals surface area (Å²) < 4.78 is 49.0. The first-order valence-electron chi connectivity index (χ1n) is 12.3. The molecule has 0 saturated carbocycles. The van der Waals surface area contributed by atoms with Crippen molar-refractivity contribution in [3.05, 3.63) is 99.2 Å². The maximum Gasteiger partial charge on any atom is 0.274 e. The Hall–Kier alpha value is -4.45.